The SMILES string of the molecule is CC(C)CCCn1c(CCl)nc2cc(I)c(F)cc21. The van der Waals surface area contributed by atoms with Crippen molar-refractivity contribution in [3.05, 3.63) is 27.3 Å². The summed E-state index contributed by atoms with van der Waals surface area (Å²) >= 11 is 7.93. The zero-order chi connectivity index (χ0) is 14.0. The van der Waals surface area contributed by atoms with Gasteiger partial charge in [-0.2, -0.15) is 0 Å². The molecule has 0 aliphatic rings. The lowest BCUT2D eigenvalue weighted by Crippen LogP contribution is -2.04. The number of nitrogens with zero attached hydrogens (tertiary/aromatic N) is 2. The molecule has 0 saturated carbocycles. The van der Waals surface area contributed by atoms with Crippen LogP contribution in [0.15, 0.2) is 12.1 Å². The first kappa shape index (κ1) is 15.0. The summed E-state index contributed by atoms with van der Waals surface area (Å²) < 4.78 is 16.4. The normalized spacial score (nSPS) is 11.7. The quantitative estimate of drug-likeness (QED) is 0.518. The van der Waals surface area contributed by atoms with Crippen LogP contribution in [0.4, 0.5) is 4.39 Å². The van der Waals surface area contributed by atoms with Gasteiger partial charge in [0, 0.05) is 12.6 Å². The molecule has 0 atom stereocenters. The number of fused-ring (bicyclic) bond motifs is 1. The molecule has 5 heteroatoms. The Labute approximate surface area is 131 Å². The molecule has 1 heterocycles. The van der Waals surface area contributed by atoms with Crippen LogP contribution in [0.5, 0.6) is 0 Å². The van der Waals surface area contributed by atoms with Gasteiger partial charge >= 0.3 is 0 Å². The molecular weight excluding hydrogens is 378 g/mol. The fourth-order valence-corrected chi connectivity index (χ4v) is 2.83. The summed E-state index contributed by atoms with van der Waals surface area (Å²) in [5.74, 6) is 1.65. The third kappa shape index (κ3) is 3.40. The maximum absolute atomic E-state index is 13.7. The number of alkyl halides is 1. The third-order valence-corrected chi connectivity index (χ3v) is 4.22. The standard InChI is InChI=1S/C14H17ClFIN2/c1-9(2)4-3-5-19-13-6-10(16)11(17)7-12(13)18-14(19)8-15/h6-7,9H,3-5,8H2,1-2H3. The molecule has 0 saturated heterocycles. The molecule has 2 rings (SSSR count). The van der Waals surface area contributed by atoms with Crippen LogP contribution in [0.25, 0.3) is 11.0 Å². The van der Waals surface area contributed by atoms with E-state index < -0.39 is 0 Å². The van der Waals surface area contributed by atoms with Gasteiger partial charge in [-0.3, -0.25) is 0 Å². The van der Waals surface area contributed by atoms with E-state index in [0.717, 1.165) is 36.2 Å². The predicted molar refractivity (Wildman–Crippen MR) is 86.0 cm³/mol. The molecule has 1 aromatic heterocycles. The second-order valence-corrected chi connectivity index (χ2v) is 6.53. The first-order valence-corrected chi connectivity index (χ1v) is 8.04. The molecule has 0 N–H and O–H groups in total. The summed E-state index contributed by atoms with van der Waals surface area (Å²) in [7, 11) is 0. The third-order valence-electron chi connectivity index (χ3n) is 3.15. The molecule has 0 fully saturated rings. The molecule has 0 radical (unpaired) electrons. The van der Waals surface area contributed by atoms with Crippen LogP contribution < -0.4 is 0 Å². The van der Waals surface area contributed by atoms with Crippen molar-refractivity contribution in [2.75, 3.05) is 0 Å². The van der Waals surface area contributed by atoms with Crippen LogP contribution in [0.1, 0.15) is 32.5 Å². The first-order chi connectivity index (χ1) is 9.02. The lowest BCUT2D eigenvalue weighted by atomic mass is 10.1. The van der Waals surface area contributed by atoms with Gasteiger partial charge in [-0.05, 0) is 47.4 Å². The number of imidazole rings is 1. The summed E-state index contributed by atoms with van der Waals surface area (Å²) in [6.07, 6.45) is 2.20. The van der Waals surface area contributed by atoms with Crippen molar-refractivity contribution in [1.29, 1.82) is 0 Å². The molecule has 1 aromatic carbocycles. The molecule has 2 aromatic rings. The van der Waals surface area contributed by atoms with Gasteiger partial charge in [-0.1, -0.05) is 13.8 Å². The van der Waals surface area contributed by atoms with Crippen LogP contribution in [0.2, 0.25) is 0 Å². The minimum Gasteiger partial charge on any atom is -0.327 e. The van der Waals surface area contributed by atoms with Gasteiger partial charge in [0.1, 0.15) is 11.6 Å². The number of benzene rings is 1. The Bertz CT molecular complexity index is 580. The molecule has 0 amide bonds. The van der Waals surface area contributed by atoms with E-state index in [2.05, 4.69) is 18.8 Å². The topological polar surface area (TPSA) is 17.8 Å². The van der Waals surface area contributed by atoms with Gasteiger partial charge in [0.25, 0.3) is 0 Å². The van der Waals surface area contributed by atoms with Crippen molar-refractivity contribution in [3.63, 3.8) is 0 Å². The first-order valence-electron chi connectivity index (χ1n) is 6.43. The summed E-state index contributed by atoms with van der Waals surface area (Å²) in [6.45, 7) is 5.25. The zero-order valence-corrected chi connectivity index (χ0v) is 14.0. The number of aryl methyl sites for hydroxylation is 1. The van der Waals surface area contributed by atoms with Gasteiger partial charge in [0.2, 0.25) is 0 Å². The van der Waals surface area contributed by atoms with Gasteiger partial charge < -0.3 is 4.57 Å². The second-order valence-electron chi connectivity index (χ2n) is 5.10. The zero-order valence-electron chi connectivity index (χ0n) is 11.1. The van der Waals surface area contributed by atoms with Crippen molar-refractivity contribution in [2.24, 2.45) is 5.92 Å². The van der Waals surface area contributed by atoms with Crippen molar-refractivity contribution in [3.8, 4) is 0 Å². The molecule has 0 spiro atoms. The minimum atomic E-state index is -0.195. The average Bonchev–Trinajstić information content (AvgIpc) is 2.67. The van der Waals surface area contributed by atoms with Gasteiger partial charge in [-0.25, -0.2) is 9.37 Å². The molecule has 0 bridgehead atoms. The van der Waals surface area contributed by atoms with E-state index in [9.17, 15) is 4.39 Å². The van der Waals surface area contributed by atoms with E-state index in [4.69, 9.17) is 11.6 Å². The van der Waals surface area contributed by atoms with Crippen LogP contribution in [0.3, 0.4) is 0 Å². The van der Waals surface area contributed by atoms with Crippen LogP contribution in [-0.4, -0.2) is 9.55 Å². The van der Waals surface area contributed by atoms with E-state index in [-0.39, 0.29) is 5.82 Å². The highest BCUT2D eigenvalue weighted by molar-refractivity contribution is 14.1. The van der Waals surface area contributed by atoms with Gasteiger partial charge in [0.05, 0.1) is 20.5 Å². The van der Waals surface area contributed by atoms with Crippen molar-refractivity contribution < 1.29 is 4.39 Å². The summed E-state index contributed by atoms with van der Waals surface area (Å²) in [5.41, 5.74) is 1.67. The number of aromatic nitrogens is 2. The second kappa shape index (κ2) is 6.39. The van der Waals surface area contributed by atoms with E-state index in [1.807, 2.05) is 27.2 Å². The Balaban J connectivity index is 2.36. The molecule has 0 unspecified atom stereocenters. The molecule has 19 heavy (non-hydrogen) atoms. The average molecular weight is 395 g/mol. The largest absolute Gasteiger partial charge is 0.327 e. The monoisotopic (exact) mass is 394 g/mol. The minimum absolute atomic E-state index is 0.195. The van der Waals surface area contributed by atoms with Crippen LogP contribution in [-0.2, 0) is 12.4 Å². The van der Waals surface area contributed by atoms with E-state index in [0.29, 0.717) is 15.4 Å². The van der Waals surface area contributed by atoms with Crippen molar-refractivity contribution in [1.82, 2.24) is 9.55 Å². The Morgan fingerprint density at radius 2 is 2.16 bits per heavy atom. The molecule has 2 nitrogen and oxygen atoms in total. The highest BCUT2D eigenvalue weighted by Gasteiger charge is 2.12. The van der Waals surface area contributed by atoms with Crippen molar-refractivity contribution >= 4 is 45.2 Å². The number of hydrogen-bond acceptors (Lipinski definition) is 1. The lowest BCUT2D eigenvalue weighted by molar-refractivity contribution is 0.511. The molecule has 0 aliphatic carbocycles. The number of rotatable bonds is 5. The van der Waals surface area contributed by atoms with Gasteiger partial charge in [0.15, 0.2) is 0 Å². The molecular formula is C14H17ClFIN2. The smallest absolute Gasteiger partial charge is 0.138 e. The van der Waals surface area contributed by atoms with E-state index >= 15 is 0 Å². The summed E-state index contributed by atoms with van der Waals surface area (Å²) in [6, 6.07) is 3.34. The fraction of sp³-hybridized carbons (Fsp3) is 0.500. The van der Waals surface area contributed by atoms with E-state index in [1.54, 1.807) is 12.1 Å². The summed E-state index contributed by atoms with van der Waals surface area (Å²) in [5, 5.41) is 0. The Morgan fingerprint density at radius 1 is 1.42 bits per heavy atom. The summed E-state index contributed by atoms with van der Waals surface area (Å²) in [4.78, 5) is 4.49. The van der Waals surface area contributed by atoms with Gasteiger partial charge in [-0.15, -0.1) is 11.6 Å². The van der Waals surface area contributed by atoms with E-state index in [1.165, 1.54) is 0 Å². The van der Waals surface area contributed by atoms with Crippen LogP contribution >= 0.6 is 34.2 Å². The Hall–Kier alpha value is -0.360. The Morgan fingerprint density at radius 3 is 2.79 bits per heavy atom. The highest BCUT2D eigenvalue weighted by atomic mass is 127. The molecule has 104 valence electrons. The van der Waals surface area contributed by atoms with Crippen molar-refractivity contribution in [2.45, 2.75) is 39.1 Å². The number of hydrogen-bond donors (Lipinski definition) is 0. The highest BCUT2D eigenvalue weighted by Crippen LogP contribution is 2.23. The maximum atomic E-state index is 13.7. The lowest BCUT2D eigenvalue weighted by Gasteiger charge is -2.09. The predicted octanol–water partition coefficient (Wildman–Crippen LogP) is 4.96. The Kier molecular flexibility index (Phi) is 5.06. The fourth-order valence-electron chi connectivity index (χ4n) is 2.18. The van der Waals surface area contributed by atoms with Crippen LogP contribution in [0, 0.1) is 15.3 Å². The molecule has 0 aliphatic heterocycles. The number of halogens is 3. The maximum Gasteiger partial charge on any atom is 0.138 e.